The third-order valence-electron chi connectivity index (χ3n) is 11.2. The summed E-state index contributed by atoms with van der Waals surface area (Å²) in [5.41, 5.74) is 7.58. The Labute approximate surface area is 262 Å². The largest absolute Gasteiger partial charge is 0.489 e. The highest BCUT2D eigenvalue weighted by atomic mass is 16.5. The average Bonchev–Trinajstić information content (AvgIpc) is 3.35. The van der Waals surface area contributed by atoms with Crippen LogP contribution < -0.4 is 9.64 Å². The quantitative estimate of drug-likeness (QED) is 0.302. The third-order valence-corrected chi connectivity index (χ3v) is 11.2. The number of ether oxygens (including phenoxy) is 2. The Hall–Kier alpha value is -3.29. The van der Waals surface area contributed by atoms with Crippen LogP contribution in [-0.2, 0) is 29.0 Å². The van der Waals surface area contributed by atoms with Crippen molar-refractivity contribution in [1.29, 1.82) is 0 Å². The monoisotopic (exact) mass is 594 g/mol. The first-order chi connectivity index (χ1) is 21.1. The standard InChI is InChI=1S/C37H46N4O3/c1-24-6-8-27(9-7-24)23-44-29-11-13-31-28(20-29)10-12-32-33(31)38-26(3)39-35(32)41-16-14-40(15-17-41)18-19-43-30-21-36(4)34(25(2)42)37(36,5)22-30/h6-9,11,13,20,30,34H,10,12,14-19,21-23H2,1-5H3/t30?,34-,36-,37+. The summed E-state index contributed by atoms with van der Waals surface area (Å²) < 4.78 is 12.5. The number of fused-ring (bicyclic) bond motifs is 4. The van der Waals surface area contributed by atoms with Crippen molar-refractivity contribution in [3.8, 4) is 17.0 Å². The molecule has 1 unspecified atom stereocenters. The number of nitrogens with zero attached hydrogens (tertiary/aromatic N) is 4. The Balaban J connectivity index is 0.946. The van der Waals surface area contributed by atoms with Gasteiger partial charge in [0.05, 0.1) is 18.4 Å². The number of aromatic nitrogens is 2. The molecule has 0 amide bonds. The molecule has 3 fully saturated rings. The number of rotatable bonds is 9. The van der Waals surface area contributed by atoms with E-state index in [-0.39, 0.29) is 22.9 Å². The van der Waals surface area contributed by atoms with Crippen molar-refractivity contribution in [2.45, 2.75) is 73.0 Å². The zero-order valence-corrected chi connectivity index (χ0v) is 27.0. The van der Waals surface area contributed by atoms with Gasteiger partial charge in [-0.2, -0.15) is 0 Å². The second-order valence-electron chi connectivity index (χ2n) is 14.1. The van der Waals surface area contributed by atoms with Crippen molar-refractivity contribution in [3.63, 3.8) is 0 Å². The minimum atomic E-state index is 0.141. The molecule has 7 heteroatoms. The second kappa shape index (κ2) is 11.3. The fourth-order valence-electron chi connectivity index (χ4n) is 8.73. The lowest BCUT2D eigenvalue weighted by molar-refractivity contribution is -0.120. The van der Waals surface area contributed by atoms with Gasteiger partial charge in [0, 0.05) is 49.8 Å². The minimum absolute atomic E-state index is 0.141. The average molecular weight is 595 g/mol. The molecule has 232 valence electrons. The first kappa shape index (κ1) is 29.4. The molecule has 2 heterocycles. The minimum Gasteiger partial charge on any atom is -0.489 e. The van der Waals surface area contributed by atoms with Crippen molar-refractivity contribution < 1.29 is 14.3 Å². The summed E-state index contributed by atoms with van der Waals surface area (Å²) in [6, 6.07) is 15.0. The van der Waals surface area contributed by atoms with Crippen LogP contribution in [0.4, 0.5) is 5.82 Å². The molecular formula is C37H46N4O3. The maximum atomic E-state index is 12.1. The zero-order chi connectivity index (χ0) is 30.6. The molecule has 1 aliphatic heterocycles. The molecule has 7 nitrogen and oxygen atoms in total. The lowest BCUT2D eigenvalue weighted by atomic mass is 9.88. The van der Waals surface area contributed by atoms with Crippen LogP contribution in [-0.4, -0.2) is 66.1 Å². The van der Waals surface area contributed by atoms with Gasteiger partial charge in [0.1, 0.15) is 29.8 Å². The van der Waals surface area contributed by atoms with Gasteiger partial charge >= 0.3 is 0 Å². The summed E-state index contributed by atoms with van der Waals surface area (Å²) in [6.45, 7) is 16.7. The number of aryl methyl sites for hydroxylation is 3. The Bertz CT molecular complexity index is 1550. The number of anilines is 1. The van der Waals surface area contributed by atoms with E-state index in [9.17, 15) is 4.79 Å². The van der Waals surface area contributed by atoms with E-state index in [0.717, 1.165) is 88.1 Å². The van der Waals surface area contributed by atoms with Gasteiger partial charge in [-0.15, -0.1) is 0 Å². The van der Waals surface area contributed by atoms with E-state index in [1.54, 1.807) is 6.92 Å². The van der Waals surface area contributed by atoms with Crippen molar-refractivity contribution >= 4 is 11.6 Å². The van der Waals surface area contributed by atoms with E-state index < -0.39 is 0 Å². The maximum absolute atomic E-state index is 12.1. The molecule has 1 saturated heterocycles. The van der Waals surface area contributed by atoms with Crippen LogP contribution >= 0.6 is 0 Å². The maximum Gasteiger partial charge on any atom is 0.136 e. The van der Waals surface area contributed by atoms with Gasteiger partial charge in [-0.3, -0.25) is 9.69 Å². The lowest BCUT2D eigenvalue weighted by Crippen LogP contribution is -2.48. The molecule has 4 aliphatic rings. The fourth-order valence-corrected chi connectivity index (χ4v) is 8.73. The number of carbonyl (C=O) groups excluding carboxylic acids is 1. The predicted octanol–water partition coefficient (Wildman–Crippen LogP) is 5.97. The van der Waals surface area contributed by atoms with Crippen LogP contribution in [0.15, 0.2) is 42.5 Å². The Kier molecular flexibility index (Phi) is 7.53. The highest BCUT2D eigenvalue weighted by Crippen LogP contribution is 2.77. The number of Topliss-reactive ketones (excluding diaryl/α,β-unsaturated/α-hetero) is 1. The molecule has 0 spiro atoms. The summed E-state index contributed by atoms with van der Waals surface area (Å²) in [4.78, 5) is 27.0. The molecule has 4 atom stereocenters. The summed E-state index contributed by atoms with van der Waals surface area (Å²) >= 11 is 0. The molecule has 2 saturated carbocycles. The normalized spacial score (nSPS) is 27.4. The zero-order valence-electron chi connectivity index (χ0n) is 27.0. The molecule has 0 bridgehead atoms. The van der Waals surface area contributed by atoms with E-state index in [1.807, 2.05) is 6.92 Å². The van der Waals surface area contributed by atoms with Gasteiger partial charge in [-0.05, 0) is 86.6 Å². The molecule has 2 aromatic carbocycles. The lowest BCUT2D eigenvalue weighted by Gasteiger charge is -2.37. The van der Waals surface area contributed by atoms with Crippen LogP contribution in [0.1, 0.15) is 61.7 Å². The van der Waals surface area contributed by atoms with E-state index in [0.29, 0.717) is 12.4 Å². The van der Waals surface area contributed by atoms with Gasteiger partial charge in [-0.1, -0.05) is 43.7 Å². The van der Waals surface area contributed by atoms with Crippen molar-refractivity contribution in [2.24, 2.45) is 16.7 Å². The molecule has 0 N–H and O–H groups in total. The molecule has 1 aromatic heterocycles. The van der Waals surface area contributed by atoms with Crippen LogP contribution in [0.2, 0.25) is 0 Å². The van der Waals surface area contributed by atoms with Crippen LogP contribution in [0, 0.1) is 30.6 Å². The first-order valence-electron chi connectivity index (χ1n) is 16.4. The first-order valence-corrected chi connectivity index (χ1v) is 16.4. The highest BCUT2D eigenvalue weighted by Gasteiger charge is 2.76. The topological polar surface area (TPSA) is 67.8 Å². The Morgan fingerprint density at radius 3 is 2.39 bits per heavy atom. The number of ketones is 1. The van der Waals surface area contributed by atoms with Gasteiger partial charge < -0.3 is 14.4 Å². The molecule has 3 aromatic rings. The number of hydrogen-bond donors (Lipinski definition) is 0. The molecule has 44 heavy (non-hydrogen) atoms. The van der Waals surface area contributed by atoms with Crippen molar-refractivity contribution in [2.75, 3.05) is 44.2 Å². The third kappa shape index (κ3) is 5.22. The van der Waals surface area contributed by atoms with Crippen LogP contribution in [0.3, 0.4) is 0 Å². The van der Waals surface area contributed by atoms with Crippen molar-refractivity contribution in [1.82, 2.24) is 14.9 Å². The summed E-state index contributed by atoms with van der Waals surface area (Å²) in [6.07, 6.45) is 4.23. The van der Waals surface area contributed by atoms with Crippen molar-refractivity contribution in [3.05, 3.63) is 70.5 Å². The number of benzene rings is 2. The molecule has 7 rings (SSSR count). The van der Waals surface area contributed by atoms with E-state index in [2.05, 4.69) is 73.0 Å². The molecular weight excluding hydrogens is 548 g/mol. The van der Waals surface area contributed by atoms with Gasteiger partial charge in [-0.25, -0.2) is 9.97 Å². The number of carbonyl (C=O) groups is 1. The van der Waals surface area contributed by atoms with Gasteiger partial charge in [0.25, 0.3) is 0 Å². The van der Waals surface area contributed by atoms with E-state index >= 15 is 0 Å². The molecule has 3 aliphatic carbocycles. The summed E-state index contributed by atoms with van der Waals surface area (Å²) in [7, 11) is 0. The number of piperazine rings is 1. The highest BCUT2D eigenvalue weighted by molar-refractivity contribution is 5.84. The Morgan fingerprint density at radius 2 is 1.68 bits per heavy atom. The van der Waals surface area contributed by atoms with E-state index in [4.69, 9.17) is 19.4 Å². The second-order valence-corrected chi connectivity index (χ2v) is 14.1. The smallest absolute Gasteiger partial charge is 0.136 e. The van der Waals surface area contributed by atoms with Crippen LogP contribution in [0.25, 0.3) is 11.3 Å². The van der Waals surface area contributed by atoms with E-state index in [1.165, 1.54) is 27.8 Å². The van der Waals surface area contributed by atoms with Gasteiger partial charge in [0.2, 0.25) is 0 Å². The fraction of sp³-hybridized carbons (Fsp3) is 0.541. The number of hydrogen-bond acceptors (Lipinski definition) is 7. The SMILES string of the molecule is CC(=O)[C@H]1[C@]2(C)CC(OCCN3CCN(c4nc(C)nc5c4CCc4cc(OCc6ccc(C)cc6)ccc4-5)CC3)C[C@]12C. The molecule has 0 radical (unpaired) electrons. The van der Waals surface area contributed by atoms with Gasteiger partial charge in [0.15, 0.2) is 0 Å². The van der Waals surface area contributed by atoms with Crippen LogP contribution in [0.5, 0.6) is 5.75 Å². The Morgan fingerprint density at radius 1 is 0.955 bits per heavy atom. The summed E-state index contributed by atoms with van der Waals surface area (Å²) in [5, 5.41) is 0. The predicted molar refractivity (Wildman–Crippen MR) is 173 cm³/mol. The summed E-state index contributed by atoms with van der Waals surface area (Å²) in [5.74, 6) is 3.43.